The molecule has 2 aromatic rings. The molecule has 1 unspecified atom stereocenters. The van der Waals surface area contributed by atoms with E-state index in [1.807, 2.05) is 30.3 Å². The average Bonchev–Trinajstić information content (AvgIpc) is 2.40. The van der Waals surface area contributed by atoms with Gasteiger partial charge in [-0.15, -0.1) is 0 Å². The van der Waals surface area contributed by atoms with Crippen LogP contribution < -0.4 is 0 Å². The lowest BCUT2D eigenvalue weighted by molar-refractivity contribution is 0.0222. The van der Waals surface area contributed by atoms with Crippen molar-refractivity contribution in [2.75, 3.05) is 0 Å². The summed E-state index contributed by atoms with van der Waals surface area (Å²) in [7, 11) is 0. The van der Waals surface area contributed by atoms with Crippen LogP contribution in [0.2, 0.25) is 5.02 Å². The van der Waals surface area contributed by atoms with Gasteiger partial charge in [-0.1, -0.05) is 45.7 Å². The largest absolute Gasteiger partial charge is 0.385 e. The highest BCUT2D eigenvalue weighted by Crippen LogP contribution is 2.37. The Labute approximate surface area is 126 Å². The fraction of sp³-hybridized carbons (Fsp3) is 0.250. The molecule has 98 valence electrons. The zero-order chi connectivity index (χ0) is 13.5. The molecule has 1 aliphatic carbocycles. The number of hydrogen-bond acceptors (Lipinski definition) is 1. The van der Waals surface area contributed by atoms with Crippen LogP contribution in [0.5, 0.6) is 0 Å². The molecule has 0 radical (unpaired) electrons. The Balaban J connectivity index is 1.95. The molecule has 0 heterocycles. The lowest BCUT2D eigenvalue weighted by atomic mass is 9.76. The van der Waals surface area contributed by atoms with Crippen molar-refractivity contribution in [1.29, 1.82) is 0 Å². The van der Waals surface area contributed by atoms with Crippen molar-refractivity contribution < 1.29 is 5.11 Å². The van der Waals surface area contributed by atoms with E-state index in [0.717, 1.165) is 22.9 Å². The summed E-state index contributed by atoms with van der Waals surface area (Å²) >= 11 is 9.40. The van der Waals surface area contributed by atoms with Crippen LogP contribution in [0.15, 0.2) is 46.9 Å². The fourth-order valence-electron chi connectivity index (χ4n) is 2.75. The second kappa shape index (κ2) is 4.93. The molecule has 0 aromatic heterocycles. The quantitative estimate of drug-likeness (QED) is 0.813. The van der Waals surface area contributed by atoms with Gasteiger partial charge in [0, 0.05) is 15.9 Å². The third-order valence-corrected chi connectivity index (χ3v) is 4.59. The summed E-state index contributed by atoms with van der Waals surface area (Å²) in [5, 5.41) is 11.6. The van der Waals surface area contributed by atoms with Crippen molar-refractivity contribution in [2.24, 2.45) is 0 Å². The second-order valence-electron chi connectivity index (χ2n) is 5.13. The van der Waals surface area contributed by atoms with Gasteiger partial charge in [0.05, 0.1) is 5.60 Å². The second-order valence-corrected chi connectivity index (χ2v) is 6.48. The molecule has 1 aliphatic rings. The van der Waals surface area contributed by atoms with Gasteiger partial charge >= 0.3 is 0 Å². The van der Waals surface area contributed by atoms with Crippen molar-refractivity contribution in [3.8, 4) is 0 Å². The number of fused-ring (bicyclic) bond motifs is 1. The van der Waals surface area contributed by atoms with Crippen molar-refractivity contribution >= 4 is 27.5 Å². The molecule has 0 bridgehead atoms. The molecule has 1 atom stereocenters. The first-order valence-electron chi connectivity index (χ1n) is 6.33. The third-order valence-electron chi connectivity index (χ3n) is 3.84. The van der Waals surface area contributed by atoms with Gasteiger partial charge in [0.15, 0.2) is 0 Å². The van der Waals surface area contributed by atoms with Crippen molar-refractivity contribution in [3.05, 3.63) is 68.7 Å². The molecule has 3 rings (SSSR count). The summed E-state index contributed by atoms with van der Waals surface area (Å²) < 4.78 is 1.10. The van der Waals surface area contributed by atoms with Crippen LogP contribution in [0.4, 0.5) is 0 Å². The predicted octanol–water partition coefficient (Wildman–Crippen LogP) is 4.48. The van der Waals surface area contributed by atoms with Gasteiger partial charge in [0.25, 0.3) is 0 Å². The van der Waals surface area contributed by atoms with Crippen LogP contribution in [0, 0.1) is 0 Å². The predicted molar refractivity (Wildman–Crippen MR) is 81.5 cm³/mol. The standard InChI is InChI=1S/C16H14BrClO/c17-14-4-1-12-10-16(19,8-7-11(12)9-14)13-2-5-15(18)6-3-13/h1-6,9,19H,7-8,10H2. The molecule has 0 fully saturated rings. The van der Waals surface area contributed by atoms with Crippen molar-refractivity contribution in [3.63, 3.8) is 0 Å². The number of hydrogen-bond donors (Lipinski definition) is 1. The number of benzene rings is 2. The van der Waals surface area contributed by atoms with E-state index in [1.54, 1.807) is 0 Å². The summed E-state index contributed by atoms with van der Waals surface area (Å²) in [5.74, 6) is 0. The van der Waals surface area contributed by atoms with Crippen LogP contribution in [0.1, 0.15) is 23.1 Å². The zero-order valence-electron chi connectivity index (χ0n) is 10.4. The Kier molecular flexibility index (Phi) is 3.42. The first-order valence-corrected chi connectivity index (χ1v) is 7.50. The van der Waals surface area contributed by atoms with Gasteiger partial charge < -0.3 is 5.11 Å². The van der Waals surface area contributed by atoms with Gasteiger partial charge in [-0.25, -0.2) is 0 Å². The molecule has 0 aliphatic heterocycles. The maximum atomic E-state index is 10.9. The number of halogens is 2. The van der Waals surface area contributed by atoms with Gasteiger partial charge in [-0.3, -0.25) is 0 Å². The summed E-state index contributed by atoms with van der Waals surface area (Å²) in [6.07, 6.45) is 2.31. The van der Waals surface area contributed by atoms with Crippen LogP contribution in [-0.4, -0.2) is 5.11 Å². The van der Waals surface area contributed by atoms with Gasteiger partial charge in [-0.2, -0.15) is 0 Å². The number of aliphatic hydroxyl groups is 1. The van der Waals surface area contributed by atoms with E-state index in [2.05, 4.69) is 28.1 Å². The summed E-state index contributed by atoms with van der Waals surface area (Å²) in [5.41, 5.74) is 2.73. The highest BCUT2D eigenvalue weighted by atomic mass is 79.9. The van der Waals surface area contributed by atoms with Crippen molar-refractivity contribution in [1.82, 2.24) is 0 Å². The molecule has 0 saturated heterocycles. The Morgan fingerprint density at radius 1 is 1.05 bits per heavy atom. The maximum absolute atomic E-state index is 10.9. The minimum atomic E-state index is -0.772. The molecule has 3 heteroatoms. The van der Waals surface area contributed by atoms with Crippen LogP contribution in [0.3, 0.4) is 0 Å². The topological polar surface area (TPSA) is 20.2 Å². The van der Waals surface area contributed by atoms with Gasteiger partial charge in [0.1, 0.15) is 0 Å². The molecule has 0 saturated carbocycles. The maximum Gasteiger partial charge on any atom is 0.0940 e. The highest BCUT2D eigenvalue weighted by molar-refractivity contribution is 9.10. The van der Waals surface area contributed by atoms with Crippen LogP contribution >= 0.6 is 27.5 Å². The summed E-state index contributed by atoms with van der Waals surface area (Å²) in [6.45, 7) is 0. The SMILES string of the molecule is OC1(c2ccc(Cl)cc2)CCc2cc(Br)ccc2C1. The molecular weight excluding hydrogens is 324 g/mol. The van der Waals surface area contributed by atoms with E-state index in [-0.39, 0.29) is 0 Å². The Hall–Kier alpha value is -0.830. The number of aryl methyl sites for hydroxylation is 1. The lowest BCUT2D eigenvalue weighted by Gasteiger charge is -2.34. The zero-order valence-corrected chi connectivity index (χ0v) is 12.7. The molecule has 1 nitrogen and oxygen atoms in total. The first kappa shape index (κ1) is 13.2. The Bertz CT molecular complexity index is 609. The summed E-state index contributed by atoms with van der Waals surface area (Å²) in [6, 6.07) is 13.8. The van der Waals surface area contributed by atoms with E-state index in [1.165, 1.54) is 11.1 Å². The van der Waals surface area contributed by atoms with E-state index >= 15 is 0 Å². The van der Waals surface area contributed by atoms with E-state index < -0.39 is 5.60 Å². The fourth-order valence-corrected chi connectivity index (χ4v) is 3.29. The average molecular weight is 338 g/mol. The van der Waals surface area contributed by atoms with Crippen molar-refractivity contribution in [2.45, 2.75) is 24.9 Å². The van der Waals surface area contributed by atoms with E-state index in [0.29, 0.717) is 11.4 Å². The normalized spacial score (nSPS) is 22.1. The molecule has 19 heavy (non-hydrogen) atoms. The van der Waals surface area contributed by atoms with Crippen LogP contribution in [0.25, 0.3) is 0 Å². The lowest BCUT2D eigenvalue weighted by Crippen LogP contribution is -2.33. The van der Waals surface area contributed by atoms with Gasteiger partial charge in [0.2, 0.25) is 0 Å². The highest BCUT2D eigenvalue weighted by Gasteiger charge is 2.33. The molecule has 0 amide bonds. The first-order chi connectivity index (χ1) is 9.07. The smallest absolute Gasteiger partial charge is 0.0940 e. The monoisotopic (exact) mass is 336 g/mol. The third kappa shape index (κ3) is 2.58. The minimum absolute atomic E-state index is 0.664. The molecular formula is C16H14BrClO. The minimum Gasteiger partial charge on any atom is -0.385 e. The molecule has 0 spiro atoms. The number of rotatable bonds is 1. The van der Waals surface area contributed by atoms with E-state index in [9.17, 15) is 5.11 Å². The van der Waals surface area contributed by atoms with E-state index in [4.69, 9.17) is 11.6 Å². The Morgan fingerprint density at radius 3 is 2.53 bits per heavy atom. The van der Waals surface area contributed by atoms with Crippen LogP contribution in [-0.2, 0) is 18.4 Å². The Morgan fingerprint density at radius 2 is 1.79 bits per heavy atom. The molecule has 2 aromatic carbocycles. The summed E-state index contributed by atoms with van der Waals surface area (Å²) in [4.78, 5) is 0. The molecule has 1 N–H and O–H groups in total. The van der Waals surface area contributed by atoms with Gasteiger partial charge in [-0.05, 0) is 53.8 Å².